The minimum atomic E-state index is -2.91. The zero-order chi connectivity index (χ0) is 16.2. The molecule has 2 N–H and O–H groups in total. The number of carbonyl (C=O) groups is 1. The number of amides is 2. The van der Waals surface area contributed by atoms with Crippen LogP contribution in [0.5, 0.6) is 5.75 Å². The number of fused-ring (bicyclic) bond motifs is 1. The largest absolute Gasteiger partial charge is 0.433 e. The lowest BCUT2D eigenvalue weighted by atomic mass is 10.1. The Morgan fingerprint density at radius 3 is 2.78 bits per heavy atom. The van der Waals surface area contributed by atoms with Crippen LogP contribution in [0.3, 0.4) is 0 Å². The number of hydrogen-bond acceptors (Lipinski definition) is 4. The Balaban J connectivity index is 1.57. The number of nitrogens with zero attached hydrogens (tertiary/aromatic N) is 3. The summed E-state index contributed by atoms with van der Waals surface area (Å²) in [6.07, 6.45) is 4.26. The lowest BCUT2D eigenvalue weighted by Gasteiger charge is -2.11. The molecule has 0 saturated heterocycles. The van der Waals surface area contributed by atoms with Gasteiger partial charge in [-0.1, -0.05) is 0 Å². The van der Waals surface area contributed by atoms with E-state index in [4.69, 9.17) is 0 Å². The maximum Gasteiger partial charge on any atom is 0.387 e. The topological polar surface area (TPSA) is 81.1 Å². The molecule has 2 aromatic rings. The first-order valence-corrected chi connectivity index (χ1v) is 7.16. The van der Waals surface area contributed by atoms with Gasteiger partial charge in [0.25, 0.3) is 0 Å². The minimum Gasteiger partial charge on any atom is -0.433 e. The Labute approximate surface area is 130 Å². The van der Waals surface area contributed by atoms with E-state index in [1.165, 1.54) is 12.1 Å². The van der Waals surface area contributed by atoms with Crippen LogP contribution in [0.15, 0.2) is 24.4 Å². The summed E-state index contributed by atoms with van der Waals surface area (Å²) in [6, 6.07) is 4.00. The highest BCUT2D eigenvalue weighted by Gasteiger charge is 2.14. The van der Waals surface area contributed by atoms with E-state index in [1.807, 2.05) is 10.7 Å². The summed E-state index contributed by atoms with van der Waals surface area (Å²) in [5, 5.41) is 9.42. The predicted octanol–water partition coefficient (Wildman–Crippen LogP) is 2.86. The van der Waals surface area contributed by atoms with Crippen molar-refractivity contribution in [2.24, 2.45) is 0 Å². The highest BCUT2D eigenvalue weighted by molar-refractivity contribution is 5.98. The molecule has 0 spiro atoms. The van der Waals surface area contributed by atoms with E-state index in [0.717, 1.165) is 37.7 Å². The number of ether oxygens (including phenoxy) is 1. The molecule has 23 heavy (non-hydrogen) atoms. The molecule has 0 saturated carbocycles. The second kappa shape index (κ2) is 6.59. The zero-order valence-electron chi connectivity index (χ0n) is 12.1. The molecule has 2 aromatic heterocycles. The summed E-state index contributed by atoms with van der Waals surface area (Å²) >= 11 is 0. The van der Waals surface area contributed by atoms with Crippen LogP contribution in [0.2, 0.25) is 0 Å². The molecule has 1 aliphatic heterocycles. The van der Waals surface area contributed by atoms with Crippen molar-refractivity contribution in [2.45, 2.75) is 32.4 Å². The number of alkyl halides is 2. The molecule has 3 rings (SSSR count). The van der Waals surface area contributed by atoms with Gasteiger partial charge in [0.1, 0.15) is 11.6 Å². The van der Waals surface area contributed by atoms with Crippen LogP contribution < -0.4 is 15.4 Å². The van der Waals surface area contributed by atoms with Gasteiger partial charge < -0.3 is 4.74 Å². The van der Waals surface area contributed by atoms with Crippen LogP contribution in [0, 0.1) is 0 Å². The molecule has 0 radical (unpaired) electrons. The van der Waals surface area contributed by atoms with Gasteiger partial charge in [-0.25, -0.2) is 9.78 Å². The van der Waals surface area contributed by atoms with Crippen molar-refractivity contribution in [1.29, 1.82) is 0 Å². The van der Waals surface area contributed by atoms with E-state index in [9.17, 15) is 13.6 Å². The third-order valence-corrected chi connectivity index (χ3v) is 3.36. The average Bonchev–Trinajstić information content (AvgIpc) is 2.90. The van der Waals surface area contributed by atoms with Crippen molar-refractivity contribution in [2.75, 3.05) is 10.6 Å². The number of carbonyl (C=O) groups excluding carboxylic acids is 1. The summed E-state index contributed by atoms with van der Waals surface area (Å²) in [7, 11) is 0. The van der Waals surface area contributed by atoms with Crippen molar-refractivity contribution in [3.63, 3.8) is 0 Å². The van der Waals surface area contributed by atoms with Crippen molar-refractivity contribution < 1.29 is 18.3 Å². The Bertz CT molecular complexity index is 663. The quantitative estimate of drug-likeness (QED) is 0.906. The molecule has 7 nitrogen and oxygen atoms in total. The first kappa shape index (κ1) is 15.2. The Morgan fingerprint density at radius 1 is 1.26 bits per heavy atom. The van der Waals surface area contributed by atoms with Crippen LogP contribution in [0.25, 0.3) is 0 Å². The Kier molecular flexibility index (Phi) is 4.35. The van der Waals surface area contributed by atoms with E-state index in [1.54, 1.807) is 0 Å². The van der Waals surface area contributed by atoms with Gasteiger partial charge in [-0.05, 0) is 31.4 Å². The van der Waals surface area contributed by atoms with Gasteiger partial charge in [-0.15, -0.1) is 0 Å². The molecular formula is C14H15F2N5O2. The standard InChI is InChI=1S/C14H15F2N5O2/c15-13(16)23-10-4-5-11(17-8-10)18-14(22)19-12-7-9-3-1-2-6-21(9)20-12/h4-5,7-8,13H,1-3,6H2,(H2,17,18,19,20,22). The van der Waals surface area contributed by atoms with Crippen LogP contribution >= 0.6 is 0 Å². The number of hydrogen-bond donors (Lipinski definition) is 2. The van der Waals surface area contributed by atoms with Gasteiger partial charge >= 0.3 is 12.6 Å². The fourth-order valence-electron chi connectivity index (χ4n) is 2.37. The normalized spacial score (nSPS) is 13.5. The second-order valence-electron chi connectivity index (χ2n) is 5.04. The number of aryl methyl sites for hydroxylation is 2. The van der Waals surface area contributed by atoms with Crippen LogP contribution in [0.1, 0.15) is 18.5 Å². The van der Waals surface area contributed by atoms with Crippen LogP contribution in [-0.4, -0.2) is 27.4 Å². The first-order chi connectivity index (χ1) is 11.1. The molecule has 0 bridgehead atoms. The molecule has 1 aliphatic rings. The van der Waals surface area contributed by atoms with Gasteiger partial charge in [0, 0.05) is 18.3 Å². The number of aromatic nitrogens is 3. The van der Waals surface area contributed by atoms with Crippen molar-refractivity contribution in [1.82, 2.24) is 14.8 Å². The number of halogens is 2. The van der Waals surface area contributed by atoms with E-state index in [2.05, 4.69) is 25.5 Å². The lowest BCUT2D eigenvalue weighted by Crippen LogP contribution is -2.20. The molecule has 0 aromatic carbocycles. The van der Waals surface area contributed by atoms with Crippen molar-refractivity contribution in [3.8, 4) is 5.75 Å². The number of urea groups is 1. The molecule has 3 heterocycles. The fraction of sp³-hybridized carbons (Fsp3) is 0.357. The number of nitrogens with one attached hydrogen (secondary N) is 2. The Morgan fingerprint density at radius 2 is 2.09 bits per heavy atom. The van der Waals surface area contributed by atoms with E-state index >= 15 is 0 Å². The molecule has 0 atom stereocenters. The summed E-state index contributed by atoms with van der Waals surface area (Å²) in [4.78, 5) is 15.7. The SMILES string of the molecule is O=C(Nc1ccc(OC(F)F)cn1)Nc1cc2n(n1)CCCC2. The molecule has 9 heteroatoms. The number of pyridine rings is 1. The molecular weight excluding hydrogens is 308 g/mol. The van der Waals surface area contributed by atoms with Gasteiger partial charge in [-0.3, -0.25) is 15.3 Å². The predicted molar refractivity (Wildman–Crippen MR) is 78.7 cm³/mol. The zero-order valence-corrected chi connectivity index (χ0v) is 12.1. The number of anilines is 2. The highest BCUT2D eigenvalue weighted by atomic mass is 19.3. The van der Waals surface area contributed by atoms with E-state index in [0.29, 0.717) is 5.82 Å². The average molecular weight is 323 g/mol. The highest BCUT2D eigenvalue weighted by Crippen LogP contribution is 2.18. The van der Waals surface area contributed by atoms with E-state index in [-0.39, 0.29) is 11.6 Å². The molecule has 0 fully saturated rings. The second-order valence-corrected chi connectivity index (χ2v) is 5.04. The molecule has 2 amide bonds. The molecule has 0 unspecified atom stereocenters. The summed E-state index contributed by atoms with van der Waals surface area (Å²) < 4.78 is 30.1. The van der Waals surface area contributed by atoms with Crippen LogP contribution in [-0.2, 0) is 13.0 Å². The minimum absolute atomic E-state index is 0.0762. The summed E-state index contributed by atoms with van der Waals surface area (Å²) in [6.45, 7) is -2.06. The third-order valence-electron chi connectivity index (χ3n) is 3.36. The Hall–Kier alpha value is -2.71. The van der Waals surface area contributed by atoms with Crippen molar-refractivity contribution in [3.05, 3.63) is 30.1 Å². The maximum absolute atomic E-state index is 12.0. The van der Waals surface area contributed by atoms with Crippen molar-refractivity contribution >= 4 is 17.7 Å². The van der Waals surface area contributed by atoms with Gasteiger partial charge in [-0.2, -0.15) is 13.9 Å². The van der Waals surface area contributed by atoms with Gasteiger partial charge in [0.2, 0.25) is 0 Å². The van der Waals surface area contributed by atoms with Gasteiger partial charge in [0.15, 0.2) is 5.82 Å². The van der Waals surface area contributed by atoms with Crippen LogP contribution in [0.4, 0.5) is 25.2 Å². The summed E-state index contributed by atoms with van der Waals surface area (Å²) in [5.74, 6) is 0.609. The molecule has 122 valence electrons. The van der Waals surface area contributed by atoms with E-state index < -0.39 is 12.6 Å². The fourth-order valence-corrected chi connectivity index (χ4v) is 2.37. The molecule has 0 aliphatic carbocycles. The number of rotatable bonds is 4. The maximum atomic E-state index is 12.0. The summed E-state index contributed by atoms with van der Waals surface area (Å²) in [5.41, 5.74) is 1.10. The smallest absolute Gasteiger partial charge is 0.387 e. The lowest BCUT2D eigenvalue weighted by molar-refractivity contribution is -0.0500. The third kappa shape index (κ3) is 3.93. The van der Waals surface area contributed by atoms with Gasteiger partial charge in [0.05, 0.1) is 6.20 Å². The monoisotopic (exact) mass is 323 g/mol. The first-order valence-electron chi connectivity index (χ1n) is 7.16.